The Kier molecular flexibility index (Phi) is 5.07. The first kappa shape index (κ1) is 12.8. The zero-order chi connectivity index (χ0) is 12.0. The maximum absolute atomic E-state index is 5.26. The highest BCUT2D eigenvalue weighted by Crippen LogP contribution is 2.07. The molecule has 0 fully saturated rings. The lowest BCUT2D eigenvalue weighted by molar-refractivity contribution is 0.543. The summed E-state index contributed by atoms with van der Waals surface area (Å²) in [5, 5.41) is 3.40. The molecule has 88 valence electrons. The summed E-state index contributed by atoms with van der Waals surface area (Å²) in [6.07, 6.45) is 9.04. The third-order valence-corrected chi connectivity index (χ3v) is 2.53. The molecule has 0 saturated heterocycles. The van der Waals surface area contributed by atoms with Crippen LogP contribution in [-0.4, -0.2) is 15.6 Å². The van der Waals surface area contributed by atoms with Crippen molar-refractivity contribution in [2.75, 3.05) is 0 Å². The van der Waals surface area contributed by atoms with E-state index < -0.39 is 0 Å². The van der Waals surface area contributed by atoms with Crippen LogP contribution < -0.4 is 5.32 Å². The molecule has 0 bridgehead atoms. The smallest absolute Gasteiger partial charge is 0.105 e. The number of hydrogen-bond acceptors (Lipinski definition) is 2. The van der Waals surface area contributed by atoms with Gasteiger partial charge in [0.1, 0.15) is 5.82 Å². The molecule has 0 aliphatic heterocycles. The largest absolute Gasteiger partial charge is 0.331 e. The molecule has 0 atom stereocenters. The Balaban J connectivity index is 2.59. The molecular weight excluding hydrogens is 198 g/mol. The number of unbranched alkanes of at least 4 members (excludes halogenated alkanes) is 1. The summed E-state index contributed by atoms with van der Waals surface area (Å²) in [6.45, 7) is 8.16. The number of aromatic nitrogens is 2. The zero-order valence-electron chi connectivity index (χ0n) is 10.5. The Labute approximate surface area is 98.3 Å². The number of terminal acetylenes is 1. The SMILES string of the molecule is C#CCCCn1c(CNC(C)C)cnc1C. The van der Waals surface area contributed by atoms with E-state index in [9.17, 15) is 0 Å². The molecule has 16 heavy (non-hydrogen) atoms. The van der Waals surface area contributed by atoms with Crippen molar-refractivity contribution in [2.45, 2.75) is 52.7 Å². The molecule has 1 aromatic heterocycles. The maximum Gasteiger partial charge on any atom is 0.105 e. The van der Waals surface area contributed by atoms with Gasteiger partial charge < -0.3 is 9.88 Å². The average Bonchev–Trinajstić information content (AvgIpc) is 2.58. The summed E-state index contributed by atoms with van der Waals surface area (Å²) in [6, 6.07) is 0.495. The Morgan fingerprint density at radius 2 is 2.31 bits per heavy atom. The minimum atomic E-state index is 0.495. The van der Waals surface area contributed by atoms with Crippen LogP contribution in [-0.2, 0) is 13.1 Å². The summed E-state index contributed by atoms with van der Waals surface area (Å²) in [7, 11) is 0. The lowest BCUT2D eigenvalue weighted by Gasteiger charge is -2.12. The van der Waals surface area contributed by atoms with Crippen molar-refractivity contribution in [1.82, 2.24) is 14.9 Å². The molecule has 0 amide bonds. The second-order valence-electron chi connectivity index (χ2n) is 4.29. The van der Waals surface area contributed by atoms with Gasteiger partial charge in [0.25, 0.3) is 0 Å². The van der Waals surface area contributed by atoms with Crippen LogP contribution in [0.2, 0.25) is 0 Å². The molecule has 1 rings (SSSR count). The fraction of sp³-hybridized carbons (Fsp3) is 0.615. The van der Waals surface area contributed by atoms with Gasteiger partial charge in [0.05, 0.1) is 5.69 Å². The van der Waals surface area contributed by atoms with E-state index in [1.807, 2.05) is 13.1 Å². The van der Waals surface area contributed by atoms with Gasteiger partial charge in [-0.15, -0.1) is 12.3 Å². The maximum atomic E-state index is 5.26. The molecule has 0 saturated carbocycles. The molecule has 0 unspecified atom stereocenters. The van der Waals surface area contributed by atoms with E-state index in [4.69, 9.17) is 6.42 Å². The van der Waals surface area contributed by atoms with Gasteiger partial charge in [-0.1, -0.05) is 13.8 Å². The van der Waals surface area contributed by atoms with Crippen molar-refractivity contribution in [3.63, 3.8) is 0 Å². The highest BCUT2D eigenvalue weighted by molar-refractivity contribution is 5.04. The van der Waals surface area contributed by atoms with Crippen LogP contribution in [0.3, 0.4) is 0 Å². The summed E-state index contributed by atoms with van der Waals surface area (Å²) < 4.78 is 2.24. The van der Waals surface area contributed by atoms with Gasteiger partial charge in [0, 0.05) is 31.7 Å². The molecule has 0 spiro atoms. The number of hydrogen-bond donors (Lipinski definition) is 1. The van der Waals surface area contributed by atoms with E-state index in [0.29, 0.717) is 6.04 Å². The van der Waals surface area contributed by atoms with Crippen molar-refractivity contribution in [1.29, 1.82) is 0 Å². The van der Waals surface area contributed by atoms with Crippen molar-refractivity contribution in [2.24, 2.45) is 0 Å². The Hall–Kier alpha value is -1.27. The van der Waals surface area contributed by atoms with Gasteiger partial charge in [0.15, 0.2) is 0 Å². The van der Waals surface area contributed by atoms with Gasteiger partial charge in [-0.05, 0) is 13.3 Å². The number of nitrogens with one attached hydrogen (secondary N) is 1. The number of imidazole rings is 1. The molecule has 1 aromatic rings. The first-order valence-electron chi connectivity index (χ1n) is 5.83. The fourth-order valence-electron chi connectivity index (χ4n) is 1.61. The van der Waals surface area contributed by atoms with Crippen molar-refractivity contribution >= 4 is 0 Å². The van der Waals surface area contributed by atoms with Crippen molar-refractivity contribution < 1.29 is 0 Å². The van der Waals surface area contributed by atoms with Gasteiger partial charge >= 0.3 is 0 Å². The first-order valence-corrected chi connectivity index (χ1v) is 5.83. The van der Waals surface area contributed by atoms with Crippen LogP contribution in [0, 0.1) is 19.3 Å². The van der Waals surface area contributed by atoms with E-state index in [0.717, 1.165) is 31.8 Å². The average molecular weight is 219 g/mol. The molecule has 0 radical (unpaired) electrons. The second kappa shape index (κ2) is 6.34. The molecule has 0 aliphatic rings. The molecular formula is C13H21N3. The van der Waals surface area contributed by atoms with E-state index in [-0.39, 0.29) is 0 Å². The monoisotopic (exact) mass is 219 g/mol. The van der Waals surface area contributed by atoms with Crippen LogP contribution in [0.1, 0.15) is 38.2 Å². The van der Waals surface area contributed by atoms with Gasteiger partial charge in [-0.3, -0.25) is 0 Å². The van der Waals surface area contributed by atoms with Gasteiger partial charge in [-0.2, -0.15) is 0 Å². The molecule has 1 N–H and O–H groups in total. The van der Waals surface area contributed by atoms with E-state index >= 15 is 0 Å². The normalized spacial score (nSPS) is 10.7. The van der Waals surface area contributed by atoms with Crippen LogP contribution in [0.15, 0.2) is 6.20 Å². The van der Waals surface area contributed by atoms with Gasteiger partial charge in [0.2, 0.25) is 0 Å². The lowest BCUT2D eigenvalue weighted by atomic mass is 10.3. The summed E-state index contributed by atoms with van der Waals surface area (Å²) in [4.78, 5) is 4.34. The van der Waals surface area contributed by atoms with E-state index in [1.54, 1.807) is 0 Å². The minimum absolute atomic E-state index is 0.495. The number of nitrogens with zero attached hydrogens (tertiary/aromatic N) is 2. The summed E-state index contributed by atoms with van der Waals surface area (Å²) in [5.74, 6) is 3.74. The standard InChI is InChI=1S/C13H21N3/c1-5-6-7-8-16-12(4)15-10-13(16)9-14-11(2)3/h1,10-11,14H,6-9H2,2-4H3. The van der Waals surface area contributed by atoms with Crippen molar-refractivity contribution in [3.8, 4) is 12.3 Å². The van der Waals surface area contributed by atoms with E-state index in [1.165, 1.54) is 5.69 Å². The number of aryl methyl sites for hydroxylation is 1. The quantitative estimate of drug-likeness (QED) is 0.586. The summed E-state index contributed by atoms with van der Waals surface area (Å²) >= 11 is 0. The summed E-state index contributed by atoms with van der Waals surface area (Å²) in [5.41, 5.74) is 1.24. The van der Waals surface area contributed by atoms with Crippen LogP contribution in [0.5, 0.6) is 0 Å². The number of rotatable bonds is 6. The zero-order valence-corrected chi connectivity index (χ0v) is 10.5. The van der Waals surface area contributed by atoms with E-state index in [2.05, 4.69) is 34.6 Å². The highest BCUT2D eigenvalue weighted by Gasteiger charge is 2.06. The molecule has 3 nitrogen and oxygen atoms in total. The third-order valence-electron chi connectivity index (χ3n) is 2.53. The van der Waals surface area contributed by atoms with Crippen molar-refractivity contribution in [3.05, 3.63) is 17.7 Å². The predicted molar refractivity (Wildman–Crippen MR) is 67.0 cm³/mol. The first-order chi connectivity index (χ1) is 7.65. The van der Waals surface area contributed by atoms with Gasteiger partial charge in [-0.25, -0.2) is 4.98 Å². The van der Waals surface area contributed by atoms with Crippen LogP contribution in [0.25, 0.3) is 0 Å². The molecule has 0 aliphatic carbocycles. The molecule has 1 heterocycles. The topological polar surface area (TPSA) is 29.9 Å². The Morgan fingerprint density at radius 1 is 1.56 bits per heavy atom. The van der Waals surface area contributed by atoms with Crippen LogP contribution >= 0.6 is 0 Å². The Morgan fingerprint density at radius 3 is 2.94 bits per heavy atom. The Bertz CT molecular complexity index is 358. The lowest BCUT2D eigenvalue weighted by Crippen LogP contribution is -2.23. The second-order valence-corrected chi connectivity index (χ2v) is 4.29. The highest BCUT2D eigenvalue weighted by atomic mass is 15.1. The van der Waals surface area contributed by atoms with Crippen LogP contribution in [0.4, 0.5) is 0 Å². The minimum Gasteiger partial charge on any atom is -0.331 e. The fourth-order valence-corrected chi connectivity index (χ4v) is 1.61. The molecule has 0 aromatic carbocycles. The third kappa shape index (κ3) is 3.71. The predicted octanol–water partition coefficient (Wildman–Crippen LogP) is 2.10. The molecule has 3 heteroatoms.